The van der Waals surface area contributed by atoms with E-state index in [2.05, 4.69) is 33.0 Å². The van der Waals surface area contributed by atoms with E-state index >= 15 is 0 Å². The molecule has 0 radical (unpaired) electrons. The molecule has 1 aliphatic rings. The Hall–Kier alpha value is -0.0400. The van der Waals surface area contributed by atoms with Gasteiger partial charge in [0.15, 0.2) is 0 Å². The largest absolute Gasteiger partial charge is 0.311 e. The fraction of sp³-hybridized carbons (Fsp3) is 1.00. The molecule has 0 saturated carbocycles. The predicted octanol–water partition coefficient (Wildman–Crippen LogP) is 2.81. The molecule has 1 heteroatoms. The van der Waals surface area contributed by atoms with Crippen LogP contribution in [0.4, 0.5) is 0 Å². The number of nitrogens with one attached hydrogen (secondary N) is 1. The molecule has 1 saturated heterocycles. The van der Waals surface area contributed by atoms with Crippen LogP contribution in [-0.2, 0) is 0 Å². The van der Waals surface area contributed by atoms with Crippen LogP contribution in [0.15, 0.2) is 0 Å². The Morgan fingerprint density at radius 1 is 1.17 bits per heavy atom. The fourth-order valence-electron chi connectivity index (χ4n) is 2.23. The SMILES string of the molecule is CC1C[C@H](C)CC[C@@H](C(C)C)N1. The monoisotopic (exact) mass is 169 g/mol. The first-order valence-corrected chi connectivity index (χ1v) is 5.35. The number of hydrogen-bond donors (Lipinski definition) is 1. The van der Waals surface area contributed by atoms with Crippen molar-refractivity contribution in [3.05, 3.63) is 0 Å². The van der Waals surface area contributed by atoms with Crippen molar-refractivity contribution < 1.29 is 0 Å². The van der Waals surface area contributed by atoms with Gasteiger partial charge in [0.1, 0.15) is 0 Å². The summed E-state index contributed by atoms with van der Waals surface area (Å²) in [5.41, 5.74) is 0. The Kier molecular flexibility index (Phi) is 3.57. The zero-order chi connectivity index (χ0) is 9.14. The summed E-state index contributed by atoms with van der Waals surface area (Å²) >= 11 is 0. The van der Waals surface area contributed by atoms with E-state index in [1.54, 1.807) is 0 Å². The van der Waals surface area contributed by atoms with Gasteiger partial charge in [0.05, 0.1) is 0 Å². The van der Waals surface area contributed by atoms with E-state index in [0.717, 1.165) is 23.9 Å². The van der Waals surface area contributed by atoms with Gasteiger partial charge in [0.25, 0.3) is 0 Å². The zero-order valence-corrected chi connectivity index (χ0v) is 8.93. The molecule has 0 aromatic heterocycles. The van der Waals surface area contributed by atoms with Gasteiger partial charge in [0.2, 0.25) is 0 Å². The summed E-state index contributed by atoms with van der Waals surface area (Å²) in [5, 5.41) is 3.71. The van der Waals surface area contributed by atoms with Crippen molar-refractivity contribution in [1.82, 2.24) is 5.32 Å². The fourth-order valence-corrected chi connectivity index (χ4v) is 2.23. The summed E-state index contributed by atoms with van der Waals surface area (Å²) in [7, 11) is 0. The highest BCUT2D eigenvalue weighted by Crippen LogP contribution is 2.22. The molecule has 1 aliphatic heterocycles. The lowest BCUT2D eigenvalue weighted by Gasteiger charge is -2.22. The van der Waals surface area contributed by atoms with Crippen LogP contribution in [0.5, 0.6) is 0 Å². The Morgan fingerprint density at radius 2 is 1.83 bits per heavy atom. The second kappa shape index (κ2) is 4.27. The molecule has 0 amide bonds. The molecule has 1 rings (SSSR count). The van der Waals surface area contributed by atoms with Crippen molar-refractivity contribution in [1.29, 1.82) is 0 Å². The van der Waals surface area contributed by atoms with Crippen LogP contribution in [0.1, 0.15) is 47.0 Å². The van der Waals surface area contributed by atoms with Crippen molar-refractivity contribution in [2.75, 3.05) is 0 Å². The third-order valence-corrected chi connectivity index (χ3v) is 3.03. The molecule has 12 heavy (non-hydrogen) atoms. The van der Waals surface area contributed by atoms with Crippen molar-refractivity contribution in [2.45, 2.75) is 59.0 Å². The minimum atomic E-state index is 0.717. The molecule has 1 unspecified atom stereocenters. The van der Waals surface area contributed by atoms with E-state index < -0.39 is 0 Å². The highest BCUT2D eigenvalue weighted by Gasteiger charge is 2.21. The molecule has 1 nitrogen and oxygen atoms in total. The van der Waals surface area contributed by atoms with Crippen LogP contribution < -0.4 is 5.32 Å². The molecule has 1 N–H and O–H groups in total. The van der Waals surface area contributed by atoms with Crippen LogP contribution in [0.25, 0.3) is 0 Å². The summed E-state index contributed by atoms with van der Waals surface area (Å²) < 4.78 is 0. The molecule has 0 bridgehead atoms. The Labute approximate surface area is 76.9 Å². The van der Waals surface area contributed by atoms with Crippen molar-refractivity contribution in [2.24, 2.45) is 11.8 Å². The van der Waals surface area contributed by atoms with Crippen LogP contribution in [-0.4, -0.2) is 12.1 Å². The van der Waals surface area contributed by atoms with E-state index in [1.165, 1.54) is 19.3 Å². The van der Waals surface area contributed by atoms with Crippen LogP contribution >= 0.6 is 0 Å². The highest BCUT2D eigenvalue weighted by molar-refractivity contribution is 4.80. The van der Waals surface area contributed by atoms with Crippen molar-refractivity contribution in [3.8, 4) is 0 Å². The quantitative estimate of drug-likeness (QED) is 0.636. The van der Waals surface area contributed by atoms with Gasteiger partial charge < -0.3 is 5.32 Å². The second-order valence-corrected chi connectivity index (χ2v) is 4.84. The van der Waals surface area contributed by atoms with E-state index in [0.29, 0.717) is 0 Å². The van der Waals surface area contributed by atoms with Crippen LogP contribution in [0.2, 0.25) is 0 Å². The molecule has 0 aromatic carbocycles. The summed E-state index contributed by atoms with van der Waals surface area (Å²) in [6.07, 6.45) is 4.12. The first-order valence-electron chi connectivity index (χ1n) is 5.35. The minimum Gasteiger partial charge on any atom is -0.311 e. The normalized spacial score (nSPS) is 38.2. The smallest absolute Gasteiger partial charge is 0.00926 e. The first kappa shape index (κ1) is 10.0. The maximum absolute atomic E-state index is 3.71. The highest BCUT2D eigenvalue weighted by atomic mass is 15.0. The van der Waals surface area contributed by atoms with E-state index in [1.807, 2.05) is 0 Å². The summed E-state index contributed by atoms with van der Waals surface area (Å²) in [5.74, 6) is 1.70. The van der Waals surface area contributed by atoms with Gasteiger partial charge in [-0.15, -0.1) is 0 Å². The third-order valence-electron chi connectivity index (χ3n) is 3.03. The minimum absolute atomic E-state index is 0.717. The molecular weight excluding hydrogens is 146 g/mol. The lowest BCUT2D eigenvalue weighted by Crippen LogP contribution is -2.38. The van der Waals surface area contributed by atoms with Gasteiger partial charge in [-0.1, -0.05) is 20.8 Å². The van der Waals surface area contributed by atoms with Crippen LogP contribution in [0, 0.1) is 11.8 Å². The topological polar surface area (TPSA) is 12.0 Å². The third kappa shape index (κ3) is 2.78. The Bertz CT molecular complexity index is 131. The second-order valence-electron chi connectivity index (χ2n) is 4.84. The summed E-state index contributed by atoms with van der Waals surface area (Å²) in [6, 6.07) is 1.47. The molecule has 1 fully saturated rings. The van der Waals surface area contributed by atoms with Crippen molar-refractivity contribution >= 4 is 0 Å². The molecule has 0 aromatic rings. The number of rotatable bonds is 1. The average molecular weight is 169 g/mol. The van der Waals surface area contributed by atoms with Gasteiger partial charge in [-0.25, -0.2) is 0 Å². The summed E-state index contributed by atoms with van der Waals surface area (Å²) in [4.78, 5) is 0. The standard InChI is InChI=1S/C11H23N/c1-8(2)11-6-5-9(3)7-10(4)12-11/h8-12H,5-7H2,1-4H3/t9-,10?,11+/m1/s1. The Balaban J connectivity index is 2.46. The lowest BCUT2D eigenvalue weighted by molar-refractivity contribution is 0.362. The molecule has 1 heterocycles. The molecule has 0 aliphatic carbocycles. The Morgan fingerprint density at radius 3 is 2.42 bits per heavy atom. The van der Waals surface area contributed by atoms with E-state index in [9.17, 15) is 0 Å². The maximum Gasteiger partial charge on any atom is 0.00926 e. The van der Waals surface area contributed by atoms with Gasteiger partial charge in [-0.3, -0.25) is 0 Å². The van der Waals surface area contributed by atoms with E-state index in [4.69, 9.17) is 0 Å². The van der Waals surface area contributed by atoms with Gasteiger partial charge in [-0.2, -0.15) is 0 Å². The predicted molar refractivity (Wildman–Crippen MR) is 54.2 cm³/mol. The van der Waals surface area contributed by atoms with Gasteiger partial charge in [0, 0.05) is 12.1 Å². The average Bonchev–Trinajstić information content (AvgIpc) is 2.11. The molecule has 3 atom stereocenters. The summed E-state index contributed by atoms with van der Waals surface area (Å²) in [6.45, 7) is 9.33. The maximum atomic E-state index is 3.71. The number of hydrogen-bond acceptors (Lipinski definition) is 1. The van der Waals surface area contributed by atoms with Crippen LogP contribution in [0.3, 0.4) is 0 Å². The van der Waals surface area contributed by atoms with Gasteiger partial charge >= 0.3 is 0 Å². The molecular formula is C11H23N. The molecule has 72 valence electrons. The zero-order valence-electron chi connectivity index (χ0n) is 8.93. The van der Waals surface area contributed by atoms with Crippen molar-refractivity contribution in [3.63, 3.8) is 0 Å². The van der Waals surface area contributed by atoms with E-state index in [-0.39, 0.29) is 0 Å². The van der Waals surface area contributed by atoms with Gasteiger partial charge in [-0.05, 0) is 38.0 Å². The molecule has 0 spiro atoms. The lowest BCUT2D eigenvalue weighted by atomic mass is 9.96. The first-order chi connectivity index (χ1) is 5.59.